The third-order valence-corrected chi connectivity index (χ3v) is 5.82. The maximum Gasteiger partial charge on any atom is 0.326 e. The second kappa shape index (κ2) is 12.8. The summed E-state index contributed by atoms with van der Waals surface area (Å²) >= 11 is 0. The number of aliphatic carboxylic acids is 1. The number of benzene rings is 1. The van der Waals surface area contributed by atoms with Crippen LogP contribution in [0.5, 0.6) is 0 Å². The number of hydrogen-bond donors (Lipinski definition) is 5. The molecule has 1 aliphatic heterocycles. The van der Waals surface area contributed by atoms with Gasteiger partial charge in [-0.1, -0.05) is 44.2 Å². The molecule has 1 saturated heterocycles. The number of amides is 4. The number of carboxylic acids is 1. The SMILES string of the molecule is CC(C)C[C@H](N)C(=O)N1CCC[C@H]1C(=O)N[C@@H](Cc1ccccc1)C(=O)N[C@@H](CC(N)=O)C(=O)O. The molecule has 1 aromatic carbocycles. The Hall–Kier alpha value is -3.47. The average molecular weight is 490 g/mol. The summed E-state index contributed by atoms with van der Waals surface area (Å²) in [5.74, 6) is -3.71. The van der Waals surface area contributed by atoms with Crippen molar-refractivity contribution in [3.05, 3.63) is 35.9 Å². The van der Waals surface area contributed by atoms with Gasteiger partial charge in [-0.25, -0.2) is 4.79 Å². The Morgan fingerprint density at radius 2 is 1.74 bits per heavy atom. The van der Waals surface area contributed by atoms with Gasteiger partial charge in [0.15, 0.2) is 0 Å². The molecule has 4 amide bonds. The number of nitrogens with zero attached hydrogens (tertiary/aromatic N) is 1. The summed E-state index contributed by atoms with van der Waals surface area (Å²) in [6.45, 7) is 4.30. The van der Waals surface area contributed by atoms with Crippen molar-refractivity contribution < 1.29 is 29.1 Å². The van der Waals surface area contributed by atoms with Crippen molar-refractivity contribution in [1.82, 2.24) is 15.5 Å². The monoisotopic (exact) mass is 489 g/mol. The number of rotatable bonds is 12. The second-order valence-electron chi connectivity index (χ2n) is 9.25. The summed E-state index contributed by atoms with van der Waals surface area (Å²) in [6.07, 6.45) is 1.01. The molecule has 7 N–H and O–H groups in total. The van der Waals surface area contributed by atoms with Gasteiger partial charge in [-0.05, 0) is 30.7 Å². The molecule has 35 heavy (non-hydrogen) atoms. The molecule has 0 unspecified atom stereocenters. The van der Waals surface area contributed by atoms with E-state index in [1.54, 1.807) is 30.3 Å². The number of nitrogens with one attached hydrogen (secondary N) is 2. The highest BCUT2D eigenvalue weighted by Gasteiger charge is 2.38. The van der Waals surface area contributed by atoms with Crippen LogP contribution in [-0.2, 0) is 30.4 Å². The highest BCUT2D eigenvalue weighted by Crippen LogP contribution is 2.20. The van der Waals surface area contributed by atoms with Crippen molar-refractivity contribution in [2.24, 2.45) is 17.4 Å². The zero-order chi connectivity index (χ0) is 26.1. The zero-order valence-corrected chi connectivity index (χ0v) is 20.1. The fourth-order valence-corrected chi connectivity index (χ4v) is 4.13. The van der Waals surface area contributed by atoms with Crippen LogP contribution in [0.2, 0.25) is 0 Å². The van der Waals surface area contributed by atoms with Crippen LogP contribution in [0.4, 0.5) is 0 Å². The highest BCUT2D eigenvalue weighted by molar-refractivity contribution is 5.95. The molecule has 4 atom stereocenters. The topological polar surface area (TPSA) is 185 Å². The Kier molecular flexibility index (Phi) is 10.2. The third-order valence-electron chi connectivity index (χ3n) is 5.82. The van der Waals surface area contributed by atoms with Crippen molar-refractivity contribution in [2.45, 2.75) is 70.1 Å². The fourth-order valence-electron chi connectivity index (χ4n) is 4.13. The first-order chi connectivity index (χ1) is 16.5. The lowest BCUT2D eigenvalue weighted by Gasteiger charge is -2.29. The Morgan fingerprint density at radius 3 is 2.31 bits per heavy atom. The molecule has 1 fully saturated rings. The molecule has 1 heterocycles. The number of carbonyl (C=O) groups is 5. The molecule has 0 bridgehead atoms. The van der Waals surface area contributed by atoms with Gasteiger partial charge in [0.25, 0.3) is 0 Å². The van der Waals surface area contributed by atoms with E-state index in [-0.39, 0.29) is 18.2 Å². The van der Waals surface area contributed by atoms with Crippen LogP contribution >= 0.6 is 0 Å². The molecule has 0 radical (unpaired) electrons. The van der Waals surface area contributed by atoms with Crippen LogP contribution in [0.1, 0.15) is 45.1 Å². The number of hydrogen-bond acceptors (Lipinski definition) is 6. The van der Waals surface area contributed by atoms with E-state index >= 15 is 0 Å². The van der Waals surface area contributed by atoms with E-state index in [2.05, 4.69) is 10.6 Å². The molecule has 0 saturated carbocycles. The Labute approximate surface area is 204 Å². The number of primary amides is 1. The summed E-state index contributed by atoms with van der Waals surface area (Å²) in [7, 11) is 0. The first-order valence-corrected chi connectivity index (χ1v) is 11.7. The lowest BCUT2D eigenvalue weighted by atomic mass is 10.0. The molecular weight excluding hydrogens is 454 g/mol. The lowest BCUT2D eigenvalue weighted by molar-refractivity contribution is -0.144. The van der Waals surface area contributed by atoms with Crippen LogP contribution in [0.3, 0.4) is 0 Å². The molecule has 11 nitrogen and oxygen atoms in total. The predicted molar refractivity (Wildman–Crippen MR) is 128 cm³/mol. The summed E-state index contributed by atoms with van der Waals surface area (Å²) < 4.78 is 0. The Morgan fingerprint density at radius 1 is 1.09 bits per heavy atom. The van der Waals surface area contributed by atoms with Gasteiger partial charge in [-0.3, -0.25) is 19.2 Å². The van der Waals surface area contributed by atoms with Crippen LogP contribution in [0.25, 0.3) is 0 Å². The maximum atomic E-state index is 13.2. The van der Waals surface area contributed by atoms with Gasteiger partial charge in [-0.15, -0.1) is 0 Å². The van der Waals surface area contributed by atoms with E-state index in [0.717, 1.165) is 5.56 Å². The van der Waals surface area contributed by atoms with E-state index in [0.29, 0.717) is 25.8 Å². The van der Waals surface area contributed by atoms with E-state index in [9.17, 15) is 29.1 Å². The van der Waals surface area contributed by atoms with Crippen molar-refractivity contribution in [3.8, 4) is 0 Å². The van der Waals surface area contributed by atoms with E-state index < -0.39 is 54.3 Å². The van der Waals surface area contributed by atoms with Crippen LogP contribution in [0, 0.1) is 5.92 Å². The fraction of sp³-hybridized carbons (Fsp3) is 0.542. The third kappa shape index (κ3) is 8.36. The summed E-state index contributed by atoms with van der Waals surface area (Å²) in [6, 6.07) is 4.69. The van der Waals surface area contributed by atoms with Gasteiger partial charge in [0.2, 0.25) is 23.6 Å². The minimum atomic E-state index is -1.53. The quantitative estimate of drug-likeness (QED) is 0.262. The first kappa shape index (κ1) is 27.8. The van der Waals surface area contributed by atoms with Gasteiger partial charge in [0.1, 0.15) is 18.1 Å². The van der Waals surface area contributed by atoms with Crippen molar-refractivity contribution >= 4 is 29.6 Å². The molecule has 11 heteroatoms. The van der Waals surface area contributed by atoms with Crippen LogP contribution in [0.15, 0.2) is 30.3 Å². The summed E-state index contributed by atoms with van der Waals surface area (Å²) in [5.41, 5.74) is 11.9. The maximum absolute atomic E-state index is 13.2. The van der Waals surface area contributed by atoms with Crippen molar-refractivity contribution in [3.63, 3.8) is 0 Å². The number of nitrogens with two attached hydrogens (primary N) is 2. The number of carboxylic acid groups (broad SMARTS) is 1. The van der Waals surface area contributed by atoms with E-state index in [4.69, 9.17) is 11.5 Å². The molecule has 0 aromatic heterocycles. The van der Waals surface area contributed by atoms with Gasteiger partial charge in [0, 0.05) is 13.0 Å². The average Bonchev–Trinajstić information content (AvgIpc) is 3.27. The van der Waals surface area contributed by atoms with Crippen LogP contribution in [-0.4, -0.2) is 70.3 Å². The minimum absolute atomic E-state index is 0.0782. The van der Waals surface area contributed by atoms with Gasteiger partial charge in [0.05, 0.1) is 12.5 Å². The van der Waals surface area contributed by atoms with E-state index in [1.165, 1.54) is 4.90 Å². The summed E-state index contributed by atoms with van der Waals surface area (Å²) in [5, 5.41) is 14.3. The summed E-state index contributed by atoms with van der Waals surface area (Å²) in [4.78, 5) is 63.2. The molecule has 1 aromatic rings. The molecule has 1 aliphatic rings. The zero-order valence-electron chi connectivity index (χ0n) is 20.1. The normalized spacial score (nSPS) is 17.9. The van der Waals surface area contributed by atoms with Gasteiger partial charge in [-0.2, -0.15) is 0 Å². The lowest BCUT2D eigenvalue weighted by Crippen LogP contribution is -2.57. The Bertz CT molecular complexity index is 922. The second-order valence-corrected chi connectivity index (χ2v) is 9.25. The van der Waals surface area contributed by atoms with Crippen molar-refractivity contribution in [2.75, 3.05) is 6.54 Å². The van der Waals surface area contributed by atoms with Gasteiger partial charge < -0.3 is 32.1 Å². The number of carbonyl (C=O) groups excluding carboxylic acids is 4. The molecular formula is C24H35N5O6. The standard InChI is InChI=1S/C24H35N5O6/c1-14(2)11-16(25)23(33)29-10-6-9-19(29)22(32)27-17(12-15-7-4-3-5-8-15)21(31)28-18(24(34)35)13-20(26)30/h3-5,7-8,14,16-19H,6,9-13,25H2,1-2H3,(H2,26,30)(H,27,32)(H,28,31)(H,34,35)/t16-,17-,18-,19-/m0/s1. The molecule has 2 rings (SSSR count). The molecule has 0 aliphatic carbocycles. The smallest absolute Gasteiger partial charge is 0.326 e. The Balaban J connectivity index is 2.19. The predicted octanol–water partition coefficient (Wildman–Crippen LogP) is -0.477. The molecule has 0 spiro atoms. The van der Waals surface area contributed by atoms with E-state index in [1.807, 2.05) is 13.8 Å². The molecule has 192 valence electrons. The first-order valence-electron chi connectivity index (χ1n) is 11.7. The van der Waals surface area contributed by atoms with Crippen molar-refractivity contribution in [1.29, 1.82) is 0 Å². The largest absolute Gasteiger partial charge is 0.480 e. The number of likely N-dealkylation sites (tertiary alicyclic amines) is 1. The minimum Gasteiger partial charge on any atom is -0.480 e. The van der Waals surface area contributed by atoms with Gasteiger partial charge >= 0.3 is 5.97 Å². The highest BCUT2D eigenvalue weighted by atomic mass is 16.4. The van der Waals surface area contributed by atoms with Crippen LogP contribution < -0.4 is 22.1 Å².